The predicted molar refractivity (Wildman–Crippen MR) is 108 cm³/mol. The maximum atomic E-state index is 13.5. The molecule has 2 aromatic rings. The van der Waals surface area contributed by atoms with Crippen LogP contribution in [0, 0.1) is 0 Å². The Labute approximate surface area is 158 Å². The maximum Gasteiger partial charge on any atom is 0.263 e. The number of hydrogen-bond acceptors (Lipinski definition) is 4. The number of thioether (sulfide) groups is 1. The molecule has 0 N–H and O–H groups in total. The maximum absolute atomic E-state index is 13.5. The Balaban J connectivity index is 1.76. The third kappa shape index (κ3) is 3.42. The first-order valence-electron chi connectivity index (χ1n) is 9.99. The van der Waals surface area contributed by atoms with Crippen molar-refractivity contribution in [2.24, 2.45) is 0 Å². The van der Waals surface area contributed by atoms with Gasteiger partial charge >= 0.3 is 0 Å². The van der Waals surface area contributed by atoms with Gasteiger partial charge in [0.15, 0.2) is 5.16 Å². The van der Waals surface area contributed by atoms with E-state index in [-0.39, 0.29) is 5.56 Å². The molecule has 136 valence electrons. The highest BCUT2D eigenvalue weighted by Gasteiger charge is 2.26. The Morgan fingerprint density at radius 3 is 2.80 bits per heavy atom. The highest BCUT2D eigenvalue weighted by atomic mass is 32.2. The summed E-state index contributed by atoms with van der Waals surface area (Å²) in [5, 5.41) is 1.95. The van der Waals surface area contributed by atoms with Crippen LogP contribution in [-0.4, -0.2) is 15.3 Å². The number of unbranched alkanes of at least 4 members (excludes halogenated alkanes) is 2. The SMILES string of the molecule is CCCCCSc1nc2sc3c(c2c(=O)n1C1CCCCC1)CCC3. The number of aryl methyl sites for hydroxylation is 2. The number of aromatic nitrogens is 2. The third-order valence-electron chi connectivity index (χ3n) is 5.66. The number of thiophene rings is 1. The van der Waals surface area contributed by atoms with Crippen LogP contribution in [0.25, 0.3) is 10.2 Å². The second-order valence-electron chi connectivity index (χ2n) is 7.45. The minimum atomic E-state index is 0.259. The molecular formula is C20H28N2OS2. The molecular weight excluding hydrogens is 348 g/mol. The summed E-state index contributed by atoms with van der Waals surface area (Å²) in [5.41, 5.74) is 1.58. The van der Waals surface area contributed by atoms with Gasteiger partial charge in [0.25, 0.3) is 5.56 Å². The van der Waals surface area contributed by atoms with Crippen molar-refractivity contribution in [2.45, 2.75) is 88.8 Å². The van der Waals surface area contributed by atoms with Crippen molar-refractivity contribution in [3.8, 4) is 0 Å². The van der Waals surface area contributed by atoms with Gasteiger partial charge in [0, 0.05) is 16.7 Å². The standard InChI is InChI=1S/C20H28N2OS2/c1-2-3-7-13-24-20-21-18-17(15-11-8-12-16(15)25-18)19(23)22(20)14-9-5-4-6-10-14/h14H,2-13H2,1H3. The van der Waals surface area contributed by atoms with Gasteiger partial charge in [-0.3, -0.25) is 9.36 Å². The topological polar surface area (TPSA) is 34.9 Å². The Morgan fingerprint density at radius 1 is 1.16 bits per heavy atom. The highest BCUT2D eigenvalue weighted by molar-refractivity contribution is 7.99. The Kier molecular flexibility index (Phi) is 5.51. The molecule has 0 amide bonds. The van der Waals surface area contributed by atoms with Crippen LogP contribution in [0.4, 0.5) is 0 Å². The zero-order chi connectivity index (χ0) is 17.2. The van der Waals surface area contributed by atoms with E-state index in [1.54, 1.807) is 11.3 Å². The van der Waals surface area contributed by atoms with Crippen LogP contribution in [0.3, 0.4) is 0 Å². The summed E-state index contributed by atoms with van der Waals surface area (Å²) in [6.45, 7) is 2.24. The van der Waals surface area contributed by atoms with E-state index in [2.05, 4.69) is 11.5 Å². The summed E-state index contributed by atoms with van der Waals surface area (Å²) >= 11 is 3.58. The van der Waals surface area contributed by atoms with E-state index in [0.29, 0.717) is 6.04 Å². The van der Waals surface area contributed by atoms with Crippen molar-refractivity contribution in [3.05, 3.63) is 20.8 Å². The van der Waals surface area contributed by atoms with Gasteiger partial charge in [-0.05, 0) is 44.1 Å². The second-order valence-corrected chi connectivity index (χ2v) is 9.60. The summed E-state index contributed by atoms with van der Waals surface area (Å²) in [6, 6.07) is 0.365. The Bertz CT molecular complexity index is 802. The Morgan fingerprint density at radius 2 is 2.00 bits per heavy atom. The van der Waals surface area contributed by atoms with E-state index in [4.69, 9.17) is 4.98 Å². The van der Waals surface area contributed by atoms with Gasteiger partial charge in [-0.2, -0.15) is 0 Å². The molecule has 0 aromatic carbocycles. The summed E-state index contributed by atoms with van der Waals surface area (Å²) < 4.78 is 2.10. The van der Waals surface area contributed by atoms with Crippen LogP contribution in [0.2, 0.25) is 0 Å². The lowest BCUT2D eigenvalue weighted by atomic mass is 9.95. The molecule has 3 nitrogen and oxygen atoms in total. The molecule has 0 unspecified atom stereocenters. The quantitative estimate of drug-likeness (QED) is 0.366. The lowest BCUT2D eigenvalue weighted by Crippen LogP contribution is -2.29. The molecule has 0 atom stereocenters. The molecule has 25 heavy (non-hydrogen) atoms. The van der Waals surface area contributed by atoms with Crippen molar-refractivity contribution in [1.29, 1.82) is 0 Å². The van der Waals surface area contributed by atoms with Crippen LogP contribution in [0.15, 0.2) is 9.95 Å². The van der Waals surface area contributed by atoms with Gasteiger partial charge in [-0.15, -0.1) is 11.3 Å². The van der Waals surface area contributed by atoms with Gasteiger partial charge < -0.3 is 0 Å². The van der Waals surface area contributed by atoms with Crippen molar-refractivity contribution < 1.29 is 0 Å². The van der Waals surface area contributed by atoms with E-state index >= 15 is 0 Å². The first-order valence-corrected chi connectivity index (χ1v) is 11.8. The van der Waals surface area contributed by atoms with Gasteiger partial charge in [-0.25, -0.2) is 4.98 Å². The fourth-order valence-corrected chi connectivity index (χ4v) is 6.68. The van der Waals surface area contributed by atoms with Gasteiger partial charge in [0.05, 0.1) is 5.39 Å². The largest absolute Gasteiger partial charge is 0.284 e. The number of fused-ring (bicyclic) bond motifs is 3. The second kappa shape index (κ2) is 7.83. The van der Waals surface area contributed by atoms with Gasteiger partial charge in [0.2, 0.25) is 0 Å². The molecule has 0 saturated heterocycles. The van der Waals surface area contributed by atoms with Crippen molar-refractivity contribution in [2.75, 3.05) is 5.75 Å². The van der Waals surface area contributed by atoms with E-state index in [0.717, 1.165) is 46.8 Å². The van der Waals surface area contributed by atoms with E-state index < -0.39 is 0 Å². The molecule has 2 heterocycles. The molecule has 1 saturated carbocycles. The van der Waals surface area contributed by atoms with Crippen molar-refractivity contribution in [3.63, 3.8) is 0 Å². The van der Waals surface area contributed by atoms with E-state index in [1.165, 1.54) is 55.4 Å². The Hall–Kier alpha value is -0.810. The average molecular weight is 377 g/mol. The molecule has 2 aliphatic carbocycles. The smallest absolute Gasteiger partial charge is 0.263 e. The van der Waals surface area contributed by atoms with Crippen LogP contribution < -0.4 is 5.56 Å². The normalized spacial score (nSPS) is 18.1. The lowest BCUT2D eigenvalue weighted by Gasteiger charge is -2.26. The van der Waals surface area contributed by atoms with Gasteiger partial charge in [-0.1, -0.05) is 50.8 Å². The average Bonchev–Trinajstić information content (AvgIpc) is 3.20. The minimum Gasteiger partial charge on any atom is -0.284 e. The molecule has 0 bridgehead atoms. The van der Waals surface area contributed by atoms with E-state index in [1.807, 2.05) is 11.8 Å². The summed E-state index contributed by atoms with van der Waals surface area (Å²) in [5.74, 6) is 1.07. The molecule has 5 heteroatoms. The number of nitrogens with zero attached hydrogens (tertiary/aromatic N) is 2. The van der Waals surface area contributed by atoms with Gasteiger partial charge in [0.1, 0.15) is 4.83 Å². The summed E-state index contributed by atoms with van der Waals surface area (Å²) in [6.07, 6.45) is 13.2. The van der Waals surface area contributed by atoms with E-state index in [9.17, 15) is 4.79 Å². The first-order chi connectivity index (χ1) is 12.3. The molecule has 2 aliphatic rings. The molecule has 0 aliphatic heterocycles. The van der Waals surface area contributed by atoms with Crippen LogP contribution in [0.1, 0.15) is 81.2 Å². The van der Waals surface area contributed by atoms with Crippen LogP contribution in [0.5, 0.6) is 0 Å². The van der Waals surface area contributed by atoms with Crippen LogP contribution >= 0.6 is 23.1 Å². The fourth-order valence-electron chi connectivity index (χ4n) is 4.32. The predicted octanol–water partition coefficient (Wildman–Crippen LogP) is 5.73. The molecule has 1 fully saturated rings. The first kappa shape index (κ1) is 17.6. The highest BCUT2D eigenvalue weighted by Crippen LogP contribution is 2.37. The zero-order valence-electron chi connectivity index (χ0n) is 15.2. The molecule has 0 radical (unpaired) electrons. The van der Waals surface area contributed by atoms with Crippen molar-refractivity contribution in [1.82, 2.24) is 9.55 Å². The van der Waals surface area contributed by atoms with Crippen molar-refractivity contribution >= 4 is 33.3 Å². The summed E-state index contributed by atoms with van der Waals surface area (Å²) in [7, 11) is 0. The molecule has 4 rings (SSSR count). The monoisotopic (exact) mass is 376 g/mol. The third-order valence-corrected chi connectivity index (χ3v) is 7.88. The minimum absolute atomic E-state index is 0.259. The molecule has 2 aromatic heterocycles. The molecule has 0 spiro atoms. The fraction of sp³-hybridized carbons (Fsp3) is 0.700. The number of rotatable bonds is 6. The summed E-state index contributed by atoms with van der Waals surface area (Å²) in [4.78, 5) is 20.9. The number of hydrogen-bond donors (Lipinski definition) is 0. The zero-order valence-corrected chi connectivity index (χ0v) is 16.8. The van der Waals surface area contributed by atoms with Crippen LogP contribution in [-0.2, 0) is 12.8 Å². The lowest BCUT2D eigenvalue weighted by molar-refractivity contribution is 0.326.